The minimum atomic E-state index is -4.43. The fourth-order valence-electron chi connectivity index (χ4n) is 3.65. The molecule has 0 aromatic heterocycles. The summed E-state index contributed by atoms with van der Waals surface area (Å²) in [5.74, 6) is 0.305. The number of rotatable bonds is 6. The van der Waals surface area contributed by atoms with E-state index in [4.69, 9.17) is 4.74 Å². The topological polar surface area (TPSA) is 63.7 Å². The highest BCUT2D eigenvalue weighted by molar-refractivity contribution is 7.90. The van der Waals surface area contributed by atoms with Gasteiger partial charge < -0.3 is 9.64 Å². The Labute approximate surface area is 191 Å². The molecule has 0 N–H and O–H groups in total. The first-order valence-electron chi connectivity index (χ1n) is 10.4. The lowest BCUT2D eigenvalue weighted by atomic mass is 9.93. The molecule has 0 fully saturated rings. The van der Waals surface area contributed by atoms with Crippen LogP contribution in [0.1, 0.15) is 42.5 Å². The third-order valence-corrected chi connectivity index (χ3v) is 6.24. The van der Waals surface area contributed by atoms with Gasteiger partial charge in [0.15, 0.2) is 0 Å². The number of amides is 1. The molecule has 0 saturated heterocycles. The van der Waals surface area contributed by atoms with E-state index in [0.717, 1.165) is 40.7 Å². The van der Waals surface area contributed by atoms with E-state index in [1.807, 2.05) is 26.0 Å². The normalized spacial score (nSPS) is 13.9. The summed E-state index contributed by atoms with van der Waals surface area (Å²) in [6.07, 6.45) is -0.866. The van der Waals surface area contributed by atoms with Gasteiger partial charge in [-0.15, -0.1) is 0 Å². The van der Waals surface area contributed by atoms with Gasteiger partial charge in [-0.2, -0.15) is 13.2 Å². The maximum atomic E-state index is 12.9. The van der Waals surface area contributed by atoms with Crippen LogP contribution in [0.15, 0.2) is 42.0 Å². The third-order valence-electron chi connectivity index (χ3n) is 5.30. The fourth-order valence-corrected chi connectivity index (χ4v) is 4.20. The summed E-state index contributed by atoms with van der Waals surface area (Å²) in [6, 6.07) is 8.17. The lowest BCUT2D eigenvalue weighted by molar-refractivity contribution is -0.137. The number of halogens is 3. The maximum Gasteiger partial charge on any atom is 0.416 e. The van der Waals surface area contributed by atoms with Gasteiger partial charge in [0.25, 0.3) is 0 Å². The van der Waals surface area contributed by atoms with Crippen molar-refractivity contribution in [2.75, 3.05) is 18.6 Å². The summed E-state index contributed by atoms with van der Waals surface area (Å²) in [5.41, 5.74) is 2.93. The molecule has 33 heavy (non-hydrogen) atoms. The number of hydrogen-bond donors (Lipinski definition) is 0. The third kappa shape index (κ3) is 6.60. The minimum Gasteiger partial charge on any atom is -0.457 e. The van der Waals surface area contributed by atoms with Crippen molar-refractivity contribution in [2.45, 2.75) is 39.4 Å². The SMILES string of the molecule is CC(C)=Cc1c(Oc2ccc(C(F)(F)F)cc2)ccc2c1CN(C(=O)CCS(C)(=O)=O)CC2. The van der Waals surface area contributed by atoms with E-state index >= 15 is 0 Å². The van der Waals surface area contributed by atoms with Crippen LogP contribution < -0.4 is 4.74 Å². The average molecular weight is 482 g/mol. The summed E-state index contributed by atoms with van der Waals surface area (Å²) in [4.78, 5) is 14.2. The Morgan fingerprint density at radius 2 is 1.79 bits per heavy atom. The summed E-state index contributed by atoms with van der Waals surface area (Å²) in [5, 5.41) is 0. The molecule has 0 radical (unpaired) electrons. The Hall–Kier alpha value is -2.81. The van der Waals surface area contributed by atoms with Gasteiger partial charge >= 0.3 is 6.18 Å². The Morgan fingerprint density at radius 3 is 2.36 bits per heavy atom. The highest BCUT2D eigenvalue weighted by atomic mass is 32.2. The average Bonchev–Trinajstić information content (AvgIpc) is 2.72. The van der Waals surface area contributed by atoms with Crippen molar-refractivity contribution in [2.24, 2.45) is 0 Å². The van der Waals surface area contributed by atoms with Crippen LogP contribution in [0.2, 0.25) is 0 Å². The molecule has 0 aliphatic carbocycles. The monoisotopic (exact) mass is 481 g/mol. The van der Waals surface area contributed by atoms with Crippen LogP contribution in [0, 0.1) is 0 Å². The molecule has 178 valence electrons. The second-order valence-electron chi connectivity index (χ2n) is 8.41. The standard InChI is InChI=1S/C24H26F3NO4S/c1-16(2)14-20-21-15-28(23(29)11-13-33(3,30)31)12-10-17(21)4-9-22(20)32-19-7-5-18(6-8-19)24(25,26)27/h4-9,14H,10-13,15H2,1-3H3. The van der Waals surface area contributed by atoms with Crippen LogP contribution in [0.4, 0.5) is 13.2 Å². The van der Waals surface area contributed by atoms with Crippen molar-refractivity contribution < 1.29 is 31.1 Å². The molecular weight excluding hydrogens is 455 g/mol. The highest BCUT2D eigenvalue weighted by Gasteiger charge is 2.30. The van der Waals surface area contributed by atoms with Gasteiger partial charge in [0.05, 0.1) is 11.3 Å². The number of alkyl halides is 3. The van der Waals surface area contributed by atoms with Crippen molar-refractivity contribution >= 4 is 21.8 Å². The van der Waals surface area contributed by atoms with E-state index in [-0.39, 0.29) is 23.8 Å². The molecule has 2 aromatic carbocycles. The Kier molecular flexibility index (Phi) is 7.21. The molecule has 2 aromatic rings. The minimum absolute atomic E-state index is 0.0755. The predicted molar refractivity (Wildman–Crippen MR) is 121 cm³/mol. The maximum absolute atomic E-state index is 12.9. The molecule has 5 nitrogen and oxygen atoms in total. The van der Waals surface area contributed by atoms with Gasteiger partial charge in [-0.1, -0.05) is 17.7 Å². The molecule has 0 unspecified atom stereocenters. The van der Waals surface area contributed by atoms with E-state index in [1.165, 1.54) is 12.1 Å². The van der Waals surface area contributed by atoms with E-state index in [9.17, 15) is 26.4 Å². The van der Waals surface area contributed by atoms with Gasteiger partial charge in [-0.25, -0.2) is 8.42 Å². The first kappa shape index (κ1) is 24.8. The quantitative estimate of drug-likeness (QED) is 0.566. The second kappa shape index (κ2) is 9.59. The molecule has 0 bridgehead atoms. The zero-order valence-corrected chi connectivity index (χ0v) is 19.5. The van der Waals surface area contributed by atoms with Gasteiger partial charge in [0.2, 0.25) is 5.91 Å². The van der Waals surface area contributed by atoms with Crippen LogP contribution in [-0.4, -0.2) is 37.8 Å². The largest absolute Gasteiger partial charge is 0.457 e. The molecular formula is C24H26F3NO4S. The summed E-state index contributed by atoms with van der Waals surface area (Å²) >= 11 is 0. The molecule has 1 aliphatic heterocycles. The number of benzene rings is 2. The number of allylic oxidation sites excluding steroid dienone is 1. The number of ether oxygens (including phenoxy) is 1. The molecule has 0 atom stereocenters. The van der Waals surface area contributed by atoms with Crippen molar-refractivity contribution in [1.29, 1.82) is 0 Å². The molecule has 1 heterocycles. The number of fused-ring (bicyclic) bond motifs is 1. The first-order valence-corrected chi connectivity index (χ1v) is 12.5. The van der Waals surface area contributed by atoms with E-state index in [2.05, 4.69) is 0 Å². The molecule has 1 aliphatic rings. The summed E-state index contributed by atoms with van der Waals surface area (Å²) < 4.78 is 67.3. The highest BCUT2D eigenvalue weighted by Crippen LogP contribution is 2.36. The van der Waals surface area contributed by atoms with Crippen LogP contribution in [0.25, 0.3) is 6.08 Å². The summed E-state index contributed by atoms with van der Waals surface area (Å²) in [7, 11) is -3.24. The molecule has 3 rings (SSSR count). The van der Waals surface area contributed by atoms with Crippen LogP contribution in [-0.2, 0) is 33.8 Å². The number of carbonyl (C=O) groups excluding carboxylic acids is 1. The number of carbonyl (C=O) groups is 1. The van der Waals surface area contributed by atoms with Crippen molar-refractivity contribution in [3.8, 4) is 11.5 Å². The zero-order chi connectivity index (χ0) is 24.4. The van der Waals surface area contributed by atoms with Gasteiger partial charge in [-0.05, 0) is 61.7 Å². The van der Waals surface area contributed by atoms with Crippen molar-refractivity contribution in [3.05, 3.63) is 64.2 Å². The number of sulfone groups is 1. The molecule has 0 spiro atoms. The Bertz CT molecular complexity index is 1170. The lowest BCUT2D eigenvalue weighted by Gasteiger charge is -2.31. The van der Waals surface area contributed by atoms with E-state index in [0.29, 0.717) is 25.3 Å². The van der Waals surface area contributed by atoms with Crippen molar-refractivity contribution in [3.63, 3.8) is 0 Å². The van der Waals surface area contributed by atoms with Gasteiger partial charge in [0, 0.05) is 31.3 Å². The van der Waals surface area contributed by atoms with E-state index in [1.54, 1.807) is 11.0 Å². The zero-order valence-electron chi connectivity index (χ0n) is 18.7. The van der Waals surface area contributed by atoms with Gasteiger partial charge in [-0.3, -0.25) is 4.79 Å². The summed E-state index contributed by atoms with van der Waals surface area (Å²) in [6.45, 7) is 4.63. The fraction of sp³-hybridized carbons (Fsp3) is 0.375. The van der Waals surface area contributed by atoms with Crippen molar-refractivity contribution in [1.82, 2.24) is 4.90 Å². The second-order valence-corrected chi connectivity index (χ2v) is 10.7. The predicted octanol–water partition coefficient (Wildman–Crippen LogP) is 5.24. The molecule has 9 heteroatoms. The van der Waals surface area contributed by atoms with Crippen LogP contribution in [0.3, 0.4) is 0 Å². The van der Waals surface area contributed by atoms with Gasteiger partial charge in [0.1, 0.15) is 21.3 Å². The Morgan fingerprint density at radius 1 is 1.12 bits per heavy atom. The number of nitrogens with zero attached hydrogens (tertiary/aromatic N) is 1. The van der Waals surface area contributed by atoms with Crippen LogP contribution >= 0.6 is 0 Å². The molecule has 1 amide bonds. The smallest absolute Gasteiger partial charge is 0.416 e. The van der Waals surface area contributed by atoms with Crippen LogP contribution in [0.5, 0.6) is 11.5 Å². The molecule has 0 saturated carbocycles. The Balaban J connectivity index is 1.90. The lowest BCUT2D eigenvalue weighted by Crippen LogP contribution is -2.37. The first-order chi connectivity index (χ1) is 15.3. The number of hydrogen-bond acceptors (Lipinski definition) is 4. The van der Waals surface area contributed by atoms with E-state index < -0.39 is 21.6 Å².